The van der Waals surface area contributed by atoms with Crippen LogP contribution >= 0.6 is 0 Å². The molecule has 2 aromatic carbocycles. The zero-order valence-corrected chi connectivity index (χ0v) is 15.3. The first kappa shape index (κ1) is 19.8. The Bertz CT molecular complexity index is 984. The molecular formula is C21H18FN3O4. The van der Waals surface area contributed by atoms with Gasteiger partial charge in [-0.1, -0.05) is 12.1 Å². The predicted octanol–water partition coefficient (Wildman–Crippen LogP) is 2.72. The average molecular weight is 395 g/mol. The second-order valence-electron chi connectivity index (χ2n) is 6.09. The molecule has 3 aromatic rings. The standard InChI is InChI=1S/C21H18FN3O4/c22-16-7-5-15(6-8-16)20(27)24-13-19(26)23-12-14-3-9-17(10-4-14)25-21(28)18-2-1-11-29-18/h1-11H,12-13H2,(H,23,26)(H,24,27)(H,25,28). The fourth-order valence-corrected chi connectivity index (χ4v) is 2.43. The molecule has 0 fully saturated rings. The van der Waals surface area contributed by atoms with E-state index in [0.717, 1.165) is 5.56 Å². The molecule has 0 radical (unpaired) electrons. The van der Waals surface area contributed by atoms with Gasteiger partial charge in [-0.15, -0.1) is 0 Å². The number of benzene rings is 2. The van der Waals surface area contributed by atoms with Gasteiger partial charge in [-0.25, -0.2) is 4.39 Å². The van der Waals surface area contributed by atoms with E-state index in [1.165, 1.54) is 30.5 Å². The molecule has 7 nitrogen and oxygen atoms in total. The van der Waals surface area contributed by atoms with Crippen LogP contribution in [0.5, 0.6) is 0 Å². The Hall–Kier alpha value is -3.94. The van der Waals surface area contributed by atoms with Crippen LogP contribution in [0, 0.1) is 5.82 Å². The van der Waals surface area contributed by atoms with Crippen molar-refractivity contribution in [3.05, 3.63) is 89.6 Å². The average Bonchev–Trinajstić information content (AvgIpc) is 3.27. The van der Waals surface area contributed by atoms with E-state index in [-0.39, 0.29) is 36.2 Å². The van der Waals surface area contributed by atoms with Crippen molar-refractivity contribution >= 4 is 23.4 Å². The number of halogens is 1. The minimum atomic E-state index is -0.461. The zero-order valence-electron chi connectivity index (χ0n) is 15.3. The Kier molecular flexibility index (Phi) is 6.36. The van der Waals surface area contributed by atoms with Crippen molar-refractivity contribution in [3.8, 4) is 0 Å². The molecule has 0 aliphatic heterocycles. The maximum atomic E-state index is 12.9. The lowest BCUT2D eigenvalue weighted by Crippen LogP contribution is -2.36. The number of carbonyl (C=O) groups excluding carboxylic acids is 3. The summed E-state index contributed by atoms with van der Waals surface area (Å²) in [5.41, 5.74) is 1.68. The summed E-state index contributed by atoms with van der Waals surface area (Å²) in [6.07, 6.45) is 1.42. The van der Waals surface area contributed by atoms with Crippen molar-refractivity contribution < 1.29 is 23.2 Å². The smallest absolute Gasteiger partial charge is 0.291 e. The number of nitrogens with one attached hydrogen (secondary N) is 3. The summed E-state index contributed by atoms with van der Waals surface area (Å²) in [7, 11) is 0. The van der Waals surface area contributed by atoms with Gasteiger partial charge in [0.2, 0.25) is 5.91 Å². The Balaban J connectivity index is 1.42. The summed E-state index contributed by atoms with van der Waals surface area (Å²) in [6.45, 7) is 0.0607. The topological polar surface area (TPSA) is 100 Å². The van der Waals surface area contributed by atoms with E-state index in [0.29, 0.717) is 5.69 Å². The molecule has 0 saturated carbocycles. The summed E-state index contributed by atoms with van der Waals surface area (Å²) >= 11 is 0. The molecule has 0 aliphatic rings. The SMILES string of the molecule is O=C(CNC(=O)c1ccc(F)cc1)NCc1ccc(NC(=O)c2ccco2)cc1. The predicted molar refractivity (Wildman–Crippen MR) is 104 cm³/mol. The van der Waals surface area contributed by atoms with Gasteiger partial charge in [-0.05, 0) is 54.1 Å². The van der Waals surface area contributed by atoms with Gasteiger partial charge in [0.25, 0.3) is 11.8 Å². The highest BCUT2D eigenvalue weighted by Gasteiger charge is 2.10. The fraction of sp³-hybridized carbons (Fsp3) is 0.0952. The summed E-state index contributed by atoms with van der Waals surface area (Å²) < 4.78 is 17.9. The minimum Gasteiger partial charge on any atom is -0.459 e. The summed E-state index contributed by atoms with van der Waals surface area (Å²) in [4.78, 5) is 35.7. The molecule has 0 unspecified atom stereocenters. The molecular weight excluding hydrogens is 377 g/mol. The van der Waals surface area contributed by atoms with Crippen LogP contribution < -0.4 is 16.0 Å². The van der Waals surface area contributed by atoms with E-state index in [4.69, 9.17) is 4.42 Å². The number of hydrogen-bond acceptors (Lipinski definition) is 4. The van der Waals surface area contributed by atoms with Gasteiger partial charge < -0.3 is 20.4 Å². The molecule has 3 N–H and O–H groups in total. The quantitative estimate of drug-likeness (QED) is 0.573. The molecule has 3 rings (SSSR count). The van der Waals surface area contributed by atoms with Crippen LogP contribution in [0.1, 0.15) is 26.5 Å². The number of furan rings is 1. The maximum Gasteiger partial charge on any atom is 0.291 e. The Morgan fingerprint density at radius 1 is 0.862 bits per heavy atom. The second kappa shape index (κ2) is 9.32. The van der Waals surface area contributed by atoms with E-state index < -0.39 is 11.7 Å². The van der Waals surface area contributed by atoms with Crippen LogP contribution in [-0.4, -0.2) is 24.3 Å². The monoisotopic (exact) mass is 395 g/mol. The van der Waals surface area contributed by atoms with Crippen LogP contribution in [0.15, 0.2) is 71.3 Å². The number of rotatable bonds is 7. The summed E-state index contributed by atoms with van der Waals surface area (Å²) in [6, 6.07) is 15.2. The van der Waals surface area contributed by atoms with E-state index in [2.05, 4.69) is 16.0 Å². The summed E-state index contributed by atoms with van der Waals surface area (Å²) in [5.74, 6) is -1.41. The highest BCUT2D eigenvalue weighted by molar-refractivity contribution is 6.02. The van der Waals surface area contributed by atoms with E-state index >= 15 is 0 Å². The van der Waals surface area contributed by atoms with Gasteiger partial charge in [0.1, 0.15) is 5.82 Å². The van der Waals surface area contributed by atoms with Crippen molar-refractivity contribution in [3.63, 3.8) is 0 Å². The largest absolute Gasteiger partial charge is 0.459 e. The van der Waals surface area contributed by atoms with Gasteiger partial charge >= 0.3 is 0 Å². The number of anilines is 1. The number of amides is 3. The van der Waals surface area contributed by atoms with Crippen molar-refractivity contribution in [2.24, 2.45) is 0 Å². The van der Waals surface area contributed by atoms with Crippen molar-refractivity contribution in [1.82, 2.24) is 10.6 Å². The molecule has 1 heterocycles. The fourth-order valence-electron chi connectivity index (χ4n) is 2.43. The normalized spacial score (nSPS) is 10.2. The van der Waals surface area contributed by atoms with Gasteiger partial charge in [0.05, 0.1) is 12.8 Å². The lowest BCUT2D eigenvalue weighted by molar-refractivity contribution is -0.120. The van der Waals surface area contributed by atoms with Crippen LogP contribution in [0.25, 0.3) is 0 Å². The molecule has 1 aromatic heterocycles. The van der Waals surface area contributed by atoms with Crippen LogP contribution in [0.4, 0.5) is 10.1 Å². The highest BCUT2D eigenvalue weighted by Crippen LogP contribution is 2.11. The third-order valence-corrected chi connectivity index (χ3v) is 3.96. The van der Waals surface area contributed by atoms with E-state index in [9.17, 15) is 18.8 Å². The second-order valence-corrected chi connectivity index (χ2v) is 6.09. The first-order valence-electron chi connectivity index (χ1n) is 8.75. The van der Waals surface area contributed by atoms with Crippen molar-refractivity contribution in [2.75, 3.05) is 11.9 Å². The Morgan fingerprint density at radius 3 is 2.24 bits per heavy atom. The van der Waals surface area contributed by atoms with Gasteiger partial charge in [-0.2, -0.15) is 0 Å². The first-order valence-corrected chi connectivity index (χ1v) is 8.75. The van der Waals surface area contributed by atoms with E-state index in [1.54, 1.807) is 36.4 Å². The molecule has 0 spiro atoms. The van der Waals surface area contributed by atoms with Crippen LogP contribution in [-0.2, 0) is 11.3 Å². The molecule has 8 heteroatoms. The molecule has 0 saturated heterocycles. The Morgan fingerprint density at radius 2 is 1.59 bits per heavy atom. The third kappa shape index (κ3) is 5.77. The molecule has 0 aliphatic carbocycles. The first-order chi connectivity index (χ1) is 14.0. The lowest BCUT2D eigenvalue weighted by atomic mass is 10.2. The molecule has 0 bridgehead atoms. The maximum absolute atomic E-state index is 12.9. The zero-order chi connectivity index (χ0) is 20.6. The number of carbonyl (C=O) groups is 3. The van der Waals surface area contributed by atoms with Crippen LogP contribution in [0.3, 0.4) is 0 Å². The molecule has 148 valence electrons. The van der Waals surface area contributed by atoms with Crippen molar-refractivity contribution in [1.29, 1.82) is 0 Å². The number of hydrogen-bond donors (Lipinski definition) is 3. The summed E-state index contributed by atoms with van der Waals surface area (Å²) in [5, 5.41) is 7.85. The van der Waals surface area contributed by atoms with Gasteiger partial charge in [0, 0.05) is 17.8 Å². The molecule has 0 atom stereocenters. The molecule has 3 amide bonds. The molecule has 29 heavy (non-hydrogen) atoms. The van der Waals surface area contributed by atoms with Crippen molar-refractivity contribution in [2.45, 2.75) is 6.54 Å². The minimum absolute atomic E-state index is 0.201. The third-order valence-electron chi connectivity index (χ3n) is 3.96. The van der Waals surface area contributed by atoms with Gasteiger partial charge in [-0.3, -0.25) is 14.4 Å². The highest BCUT2D eigenvalue weighted by atomic mass is 19.1. The lowest BCUT2D eigenvalue weighted by Gasteiger charge is -2.08. The van der Waals surface area contributed by atoms with Gasteiger partial charge in [0.15, 0.2) is 5.76 Å². The van der Waals surface area contributed by atoms with E-state index in [1.807, 2.05) is 0 Å². The Labute approximate surface area is 165 Å². The van der Waals surface area contributed by atoms with Crippen LogP contribution in [0.2, 0.25) is 0 Å².